The number of ketones is 4. The summed E-state index contributed by atoms with van der Waals surface area (Å²) in [5, 5.41) is 46.8. The number of ether oxygens (including phenoxy) is 4. The normalized spacial score (nSPS) is 35.1. The summed E-state index contributed by atoms with van der Waals surface area (Å²) in [4.78, 5) is 83.9. The van der Waals surface area contributed by atoms with Gasteiger partial charge >= 0.3 is 11.9 Å². The van der Waals surface area contributed by atoms with Crippen molar-refractivity contribution >= 4 is 46.8 Å². The summed E-state index contributed by atoms with van der Waals surface area (Å²) in [6, 6.07) is 7.44. The molecule has 2 aliphatic heterocycles. The monoisotopic (exact) mass is 698 g/mol. The van der Waals surface area contributed by atoms with Crippen LogP contribution in [0.3, 0.4) is 0 Å². The van der Waals surface area contributed by atoms with Crippen molar-refractivity contribution < 1.29 is 68.1 Å². The predicted molar refractivity (Wildman–Crippen MR) is 168 cm³/mol. The highest BCUT2D eigenvalue weighted by molar-refractivity contribution is 8.03. The van der Waals surface area contributed by atoms with E-state index in [4.69, 9.17) is 18.9 Å². The quantitative estimate of drug-likeness (QED) is 0.316. The third kappa shape index (κ3) is 4.55. The minimum atomic E-state index is -2.86. The summed E-state index contributed by atoms with van der Waals surface area (Å²) in [6.07, 6.45) is -7.60. The Labute approximate surface area is 283 Å². The molecule has 6 rings (SSSR count). The molecular formula is C34H34O14S. The van der Waals surface area contributed by atoms with Crippen LogP contribution < -0.4 is 0 Å². The molecule has 2 aliphatic carbocycles. The average Bonchev–Trinajstić information content (AvgIpc) is 3.06. The summed E-state index contributed by atoms with van der Waals surface area (Å²) in [7, 11) is 2.26. The van der Waals surface area contributed by atoms with Crippen molar-refractivity contribution in [3.63, 3.8) is 0 Å². The Morgan fingerprint density at radius 3 is 1.43 bits per heavy atom. The number of carbonyl (C=O) groups is 6. The number of carbonyl (C=O) groups excluding carboxylic acids is 6. The van der Waals surface area contributed by atoms with Crippen molar-refractivity contribution in [2.24, 2.45) is 0 Å². The molecule has 0 amide bonds. The zero-order valence-electron chi connectivity index (χ0n) is 26.9. The standard InChI is InChI=1S/C34H34O14S/c1-15-33(43)29(41)25-19(7-5-9-21(25)35)27(39)31(33,13-17(47-15)11-23(37)45-3)49-32-14-18(12-24(38)46-4)48-16(2)34(32,44)30(42)26-20(28(32)40)8-6-10-22(26)36/h5-10,15-18,35-36,43-44H,11-14H2,1-4H3. The van der Waals surface area contributed by atoms with Gasteiger partial charge < -0.3 is 39.4 Å². The fraction of sp³-hybridized carbons (Fsp3) is 0.471. The first-order valence-electron chi connectivity index (χ1n) is 15.5. The summed E-state index contributed by atoms with van der Waals surface area (Å²) in [6.45, 7) is 2.57. The number of phenolic OH excluding ortho intramolecular Hbond substituents is 2. The van der Waals surface area contributed by atoms with Gasteiger partial charge in [-0.1, -0.05) is 24.3 Å². The van der Waals surface area contributed by atoms with Gasteiger partial charge in [0.2, 0.25) is 11.6 Å². The van der Waals surface area contributed by atoms with Gasteiger partial charge in [-0.05, 0) is 38.8 Å². The van der Waals surface area contributed by atoms with Crippen LogP contribution in [-0.2, 0) is 28.5 Å². The van der Waals surface area contributed by atoms with Gasteiger partial charge in [-0.25, -0.2) is 0 Å². The molecule has 2 fully saturated rings. The zero-order chi connectivity index (χ0) is 35.8. The molecule has 260 valence electrons. The Balaban J connectivity index is 1.66. The van der Waals surface area contributed by atoms with E-state index in [1.807, 2.05) is 0 Å². The lowest BCUT2D eigenvalue weighted by molar-refractivity contribution is -0.173. The molecule has 0 radical (unpaired) electrons. The molecule has 49 heavy (non-hydrogen) atoms. The molecule has 15 heteroatoms. The van der Waals surface area contributed by atoms with Crippen molar-refractivity contribution in [2.45, 2.75) is 84.6 Å². The Morgan fingerprint density at radius 2 is 1.08 bits per heavy atom. The lowest BCUT2D eigenvalue weighted by Crippen LogP contribution is -2.79. The average molecular weight is 699 g/mol. The molecule has 14 nitrogen and oxygen atoms in total. The van der Waals surface area contributed by atoms with Crippen molar-refractivity contribution in [3.05, 3.63) is 58.7 Å². The third-order valence-corrected chi connectivity index (χ3v) is 12.3. The topological polar surface area (TPSA) is 220 Å². The van der Waals surface area contributed by atoms with Crippen LogP contribution in [0, 0.1) is 0 Å². The maximum absolute atomic E-state index is 15.0. The number of thioether (sulfide) groups is 1. The SMILES string of the molecule is COC(=O)CC1CC2(SC34CC(CC(=O)OC)OC(C)C3(O)C(=O)c3c(O)cccc3C4=O)C(=O)c3cccc(O)c3C(=O)C2(O)C(C)O1. The van der Waals surface area contributed by atoms with E-state index in [9.17, 15) is 39.6 Å². The molecule has 0 spiro atoms. The van der Waals surface area contributed by atoms with Crippen LogP contribution >= 0.6 is 11.8 Å². The van der Waals surface area contributed by atoms with Gasteiger partial charge in [0.25, 0.3) is 0 Å². The number of rotatable bonds is 6. The number of hydrogen-bond donors (Lipinski definition) is 4. The summed E-state index contributed by atoms with van der Waals surface area (Å²) < 4.78 is 16.6. The number of Topliss-reactive ketones (excluding diaryl/α,β-unsaturated/α-hetero) is 4. The van der Waals surface area contributed by atoms with Crippen molar-refractivity contribution in [1.82, 2.24) is 0 Å². The van der Waals surface area contributed by atoms with E-state index in [0.717, 1.165) is 26.4 Å². The Kier molecular flexibility index (Phi) is 8.31. The van der Waals surface area contributed by atoms with Gasteiger partial charge in [-0.15, -0.1) is 11.8 Å². The van der Waals surface area contributed by atoms with E-state index in [1.165, 1.54) is 38.1 Å². The van der Waals surface area contributed by atoms with E-state index in [2.05, 4.69) is 0 Å². The molecule has 2 heterocycles. The van der Waals surface area contributed by atoms with E-state index < -0.39 is 128 Å². The first-order valence-corrected chi connectivity index (χ1v) is 16.3. The number of esters is 2. The largest absolute Gasteiger partial charge is 0.507 e. The van der Waals surface area contributed by atoms with Gasteiger partial charge in [0, 0.05) is 11.1 Å². The number of aliphatic hydroxyl groups is 2. The van der Waals surface area contributed by atoms with Crippen LogP contribution in [0.1, 0.15) is 81.0 Å². The molecule has 8 atom stereocenters. The van der Waals surface area contributed by atoms with E-state index in [-0.39, 0.29) is 11.1 Å². The molecule has 0 saturated carbocycles. The van der Waals surface area contributed by atoms with E-state index in [1.54, 1.807) is 0 Å². The van der Waals surface area contributed by atoms with Crippen LogP contribution in [0.4, 0.5) is 0 Å². The number of aromatic hydroxyl groups is 2. The lowest BCUT2D eigenvalue weighted by atomic mass is 9.63. The van der Waals surface area contributed by atoms with Crippen LogP contribution in [0.5, 0.6) is 11.5 Å². The first kappa shape index (κ1) is 34.7. The van der Waals surface area contributed by atoms with Gasteiger partial charge in [0.1, 0.15) is 21.0 Å². The number of hydrogen-bond acceptors (Lipinski definition) is 15. The van der Waals surface area contributed by atoms with E-state index >= 15 is 9.59 Å². The molecule has 2 aromatic rings. The van der Waals surface area contributed by atoms with Crippen molar-refractivity contribution in [3.8, 4) is 11.5 Å². The predicted octanol–water partition coefficient (Wildman–Crippen LogP) is 1.71. The summed E-state index contributed by atoms with van der Waals surface area (Å²) in [5.41, 5.74) is -7.33. The maximum atomic E-state index is 15.0. The number of benzene rings is 2. The highest BCUT2D eigenvalue weighted by Crippen LogP contribution is 2.64. The smallest absolute Gasteiger partial charge is 0.308 e. The number of fused-ring (bicyclic) bond motifs is 4. The van der Waals surface area contributed by atoms with Crippen LogP contribution in [0.25, 0.3) is 0 Å². The van der Waals surface area contributed by atoms with E-state index in [0.29, 0.717) is 11.8 Å². The lowest BCUT2D eigenvalue weighted by Gasteiger charge is -2.61. The Morgan fingerprint density at radius 1 is 0.714 bits per heavy atom. The van der Waals surface area contributed by atoms with Gasteiger partial charge in [0.05, 0.1) is 62.6 Å². The second kappa shape index (κ2) is 11.7. The van der Waals surface area contributed by atoms with Crippen molar-refractivity contribution in [2.75, 3.05) is 14.2 Å². The molecule has 2 aromatic carbocycles. The zero-order valence-corrected chi connectivity index (χ0v) is 27.7. The Bertz CT molecular complexity index is 1690. The molecule has 4 aliphatic rings. The second-order valence-electron chi connectivity index (χ2n) is 12.8. The molecular weight excluding hydrogens is 664 g/mol. The molecule has 8 unspecified atom stereocenters. The van der Waals surface area contributed by atoms with Crippen molar-refractivity contribution in [1.29, 1.82) is 0 Å². The second-order valence-corrected chi connectivity index (χ2v) is 14.4. The van der Waals surface area contributed by atoms with Crippen LogP contribution in [0.15, 0.2) is 36.4 Å². The fourth-order valence-corrected chi connectivity index (χ4v) is 10.3. The molecule has 4 N–H and O–H groups in total. The van der Waals surface area contributed by atoms with Crippen LogP contribution in [-0.4, -0.2) is 115 Å². The fourth-order valence-electron chi connectivity index (χ4n) is 7.91. The van der Waals surface area contributed by atoms with Crippen LogP contribution in [0.2, 0.25) is 0 Å². The highest BCUT2D eigenvalue weighted by Gasteiger charge is 2.78. The summed E-state index contributed by atoms with van der Waals surface area (Å²) in [5.74, 6) is -6.87. The Hall–Kier alpha value is -4.15. The third-order valence-electron chi connectivity index (χ3n) is 10.3. The minimum Gasteiger partial charge on any atom is -0.507 e. The first-order chi connectivity index (χ1) is 23.0. The highest BCUT2D eigenvalue weighted by atomic mass is 32.2. The van der Waals surface area contributed by atoms with Gasteiger partial charge in [0.15, 0.2) is 22.8 Å². The van der Waals surface area contributed by atoms with Gasteiger partial charge in [-0.2, -0.15) is 0 Å². The summed E-state index contributed by atoms with van der Waals surface area (Å²) >= 11 is 0.381. The van der Waals surface area contributed by atoms with Gasteiger partial charge in [-0.3, -0.25) is 28.8 Å². The number of phenols is 2. The number of methoxy groups -OCH3 is 2. The molecule has 0 bridgehead atoms. The minimum absolute atomic E-state index is 0.313. The molecule has 0 aromatic heterocycles. The maximum Gasteiger partial charge on any atom is 0.308 e. The molecule has 2 saturated heterocycles.